The number of carboxylic acids is 1. The van der Waals surface area contributed by atoms with Gasteiger partial charge in [-0.2, -0.15) is 0 Å². The normalized spacial score (nSPS) is 16.0. The minimum Gasteiger partial charge on any atom is -0.493 e. The zero-order valence-corrected chi connectivity index (χ0v) is 28.7. The molecule has 1 fully saturated rings. The molecule has 0 saturated carbocycles. The van der Waals surface area contributed by atoms with E-state index in [1.807, 2.05) is 7.05 Å². The second-order valence-electron chi connectivity index (χ2n) is 11.4. The maximum absolute atomic E-state index is 15.0. The number of aromatic carboxylic acids is 1. The van der Waals surface area contributed by atoms with Crippen molar-refractivity contribution in [3.8, 4) is 11.5 Å². The number of nitrogens with zero attached hydrogens (tertiary/aromatic N) is 2. The molecule has 2 aromatic heterocycles. The molecule has 0 radical (unpaired) electrons. The summed E-state index contributed by atoms with van der Waals surface area (Å²) in [5.74, 6) is -2.01. The fraction of sp³-hybridized carbons (Fsp3) is 0.324. The number of aromatic nitrogens is 1. The molecule has 0 spiro atoms. The number of benzene rings is 2. The van der Waals surface area contributed by atoms with Crippen molar-refractivity contribution in [3.05, 3.63) is 109 Å². The van der Waals surface area contributed by atoms with Crippen LogP contribution >= 0.6 is 34.5 Å². The number of methoxy groups -OCH3 is 2. The molecule has 3 N–H and O–H groups in total. The summed E-state index contributed by atoms with van der Waals surface area (Å²) in [4.78, 5) is 28.8. The lowest BCUT2D eigenvalue weighted by atomic mass is 9.85. The van der Waals surface area contributed by atoms with Crippen LogP contribution < -0.4 is 19.5 Å². The summed E-state index contributed by atoms with van der Waals surface area (Å²) < 4.78 is 32.5. The molecule has 1 aliphatic rings. The highest BCUT2D eigenvalue weighted by Crippen LogP contribution is 2.41. The highest BCUT2D eigenvalue weighted by Gasteiger charge is 2.32. The molecular weight excluding hydrogens is 684 g/mol. The molecule has 254 valence electrons. The molecule has 0 aliphatic carbocycles. The van der Waals surface area contributed by atoms with Crippen LogP contribution in [0.15, 0.2) is 60.9 Å². The molecule has 1 unspecified atom stereocenters. The molecule has 5 rings (SSSR count). The molecule has 0 bridgehead atoms. The fourth-order valence-electron chi connectivity index (χ4n) is 5.84. The quantitative estimate of drug-likeness (QED) is 0.0883. The Morgan fingerprint density at radius 1 is 1.08 bits per heavy atom. The maximum Gasteiger partial charge on any atom is 0.346 e. The van der Waals surface area contributed by atoms with E-state index in [1.54, 1.807) is 30.3 Å². The largest absolute Gasteiger partial charge is 0.493 e. The van der Waals surface area contributed by atoms with Crippen LogP contribution in [0.1, 0.15) is 55.2 Å². The number of esters is 1. The molecular formula is C34H35Cl2FN3O7S+. The Kier molecular flexibility index (Phi) is 11.4. The lowest BCUT2D eigenvalue weighted by Crippen LogP contribution is -2.33. The molecule has 4 aromatic rings. The van der Waals surface area contributed by atoms with Crippen LogP contribution in [0.25, 0.3) is 0 Å². The first-order valence-corrected chi connectivity index (χ1v) is 16.6. The number of carboxylic acid groups (broad SMARTS) is 1. The summed E-state index contributed by atoms with van der Waals surface area (Å²) in [7, 11) is 4.95. The van der Waals surface area contributed by atoms with Crippen molar-refractivity contribution in [2.75, 3.05) is 34.4 Å². The third-order valence-electron chi connectivity index (χ3n) is 8.23. The van der Waals surface area contributed by atoms with Crippen molar-refractivity contribution in [3.63, 3.8) is 0 Å². The van der Waals surface area contributed by atoms with Crippen LogP contribution in [-0.2, 0) is 22.5 Å². The van der Waals surface area contributed by atoms with Gasteiger partial charge in [0.1, 0.15) is 32.9 Å². The predicted molar refractivity (Wildman–Crippen MR) is 178 cm³/mol. The fourth-order valence-corrected chi connectivity index (χ4v) is 7.46. The van der Waals surface area contributed by atoms with Gasteiger partial charge in [0.25, 0.3) is 0 Å². The average Bonchev–Trinajstić information content (AvgIpc) is 3.67. The van der Waals surface area contributed by atoms with Crippen molar-refractivity contribution in [1.82, 2.24) is 10.2 Å². The molecule has 3 atom stereocenters. The molecule has 2 aromatic carbocycles. The Morgan fingerprint density at radius 2 is 1.79 bits per heavy atom. The number of likely N-dealkylation sites (tertiary alicyclic amines) is 1. The Hall–Kier alpha value is -3.94. The summed E-state index contributed by atoms with van der Waals surface area (Å²) in [6, 6.07) is 11.9. The number of carbonyl (C=O) groups excluding carboxylic acids is 1. The van der Waals surface area contributed by atoms with Gasteiger partial charge in [0, 0.05) is 46.3 Å². The lowest BCUT2D eigenvalue weighted by Gasteiger charge is -2.21. The van der Waals surface area contributed by atoms with Crippen molar-refractivity contribution >= 4 is 46.5 Å². The Morgan fingerprint density at radius 3 is 2.42 bits per heavy atom. The summed E-state index contributed by atoms with van der Waals surface area (Å²) in [6.45, 7) is 1.41. The third-order valence-corrected chi connectivity index (χ3v) is 10.0. The standard InChI is InChI=1S/C34H34Cl2FN3O7S/c1-39-11-10-20(16-39)47-34(43)31(22-6-4-5-7-28(22)37)38-15-21-13-24(32(48-21)33(41)42)23(14-25-26(35)17-40(44)18-27(25)36)19-8-9-29(45-2)30(12-19)46-3/h4-9,12-13,17-18,20,23,31,38H,10-11,14-16H2,1-3H3,(H-,41,42,44)/p+1/t20-,23+,31?/m1/s1. The first-order chi connectivity index (χ1) is 23.0. The maximum atomic E-state index is 15.0. The van der Waals surface area contributed by atoms with E-state index >= 15 is 0 Å². The highest BCUT2D eigenvalue weighted by atomic mass is 35.5. The van der Waals surface area contributed by atoms with Gasteiger partial charge in [-0.25, -0.2) is 14.0 Å². The van der Waals surface area contributed by atoms with Gasteiger partial charge < -0.3 is 24.2 Å². The monoisotopic (exact) mass is 718 g/mol. The van der Waals surface area contributed by atoms with E-state index in [0.717, 1.165) is 22.6 Å². The van der Waals surface area contributed by atoms with Gasteiger partial charge in [0.2, 0.25) is 12.4 Å². The molecule has 10 nitrogen and oxygen atoms in total. The first kappa shape index (κ1) is 35.4. The molecule has 48 heavy (non-hydrogen) atoms. The van der Waals surface area contributed by atoms with Gasteiger partial charge in [0.05, 0.1) is 14.2 Å². The number of carbonyl (C=O) groups is 2. The van der Waals surface area contributed by atoms with E-state index in [0.29, 0.717) is 46.0 Å². The number of thiophene rings is 1. The van der Waals surface area contributed by atoms with Gasteiger partial charge in [-0.3, -0.25) is 10.5 Å². The van der Waals surface area contributed by atoms with Gasteiger partial charge in [-0.15, -0.1) is 11.3 Å². The second-order valence-corrected chi connectivity index (χ2v) is 13.4. The smallest absolute Gasteiger partial charge is 0.346 e. The lowest BCUT2D eigenvalue weighted by molar-refractivity contribution is -0.904. The summed E-state index contributed by atoms with van der Waals surface area (Å²) in [5.41, 5.74) is 1.77. The van der Waals surface area contributed by atoms with Crippen molar-refractivity contribution in [1.29, 1.82) is 0 Å². The van der Waals surface area contributed by atoms with Gasteiger partial charge in [-0.1, -0.05) is 47.5 Å². The molecule has 1 aliphatic heterocycles. The highest BCUT2D eigenvalue weighted by molar-refractivity contribution is 7.14. The number of ether oxygens (including phenoxy) is 3. The topological polar surface area (TPSA) is 121 Å². The Labute approximate surface area is 291 Å². The average molecular weight is 720 g/mol. The number of pyridine rings is 1. The van der Waals surface area contributed by atoms with E-state index in [4.69, 9.17) is 37.4 Å². The van der Waals surface area contributed by atoms with Gasteiger partial charge in [-0.05, 0) is 55.3 Å². The predicted octanol–water partition coefficient (Wildman–Crippen LogP) is 5.89. The SMILES string of the molecule is COc1ccc([C@H](Cc2c(Cl)c[n+](O)cc2Cl)c2cc(CNC(C(=O)O[C@@H]3CCN(C)C3)c3ccccc3F)sc2C(=O)O)cc1OC. The number of likely N-dealkylation sites (N-methyl/N-ethyl adjacent to an activating group) is 1. The van der Waals surface area contributed by atoms with Crippen LogP contribution in [0.3, 0.4) is 0 Å². The number of rotatable bonds is 13. The zero-order valence-electron chi connectivity index (χ0n) is 26.4. The van der Waals surface area contributed by atoms with E-state index in [2.05, 4.69) is 10.2 Å². The summed E-state index contributed by atoms with van der Waals surface area (Å²) >= 11 is 14.1. The van der Waals surface area contributed by atoms with Crippen LogP contribution in [0.5, 0.6) is 11.5 Å². The number of halogens is 3. The minimum atomic E-state index is -1.15. The van der Waals surface area contributed by atoms with E-state index in [1.165, 1.54) is 44.8 Å². The van der Waals surface area contributed by atoms with Crippen LogP contribution in [0.4, 0.5) is 4.39 Å². The molecule has 14 heteroatoms. The molecule has 0 amide bonds. The molecule has 1 saturated heterocycles. The first-order valence-electron chi connectivity index (χ1n) is 15.0. The summed E-state index contributed by atoms with van der Waals surface area (Å²) in [6.07, 6.45) is 3.11. The van der Waals surface area contributed by atoms with Crippen LogP contribution in [-0.4, -0.2) is 67.6 Å². The Balaban J connectivity index is 1.52. The second kappa shape index (κ2) is 15.5. The van der Waals surface area contributed by atoms with Gasteiger partial charge in [0.15, 0.2) is 11.5 Å². The minimum absolute atomic E-state index is 0.0413. The van der Waals surface area contributed by atoms with Crippen molar-refractivity contribution < 1.29 is 43.2 Å². The zero-order chi connectivity index (χ0) is 34.5. The number of nitrogens with one attached hydrogen (secondary N) is 1. The van der Waals surface area contributed by atoms with Gasteiger partial charge >= 0.3 is 11.9 Å². The third kappa shape index (κ3) is 8.01. The Bertz CT molecular complexity index is 1780. The van der Waals surface area contributed by atoms with Crippen LogP contribution in [0.2, 0.25) is 10.0 Å². The van der Waals surface area contributed by atoms with Crippen LogP contribution in [0, 0.1) is 5.82 Å². The summed E-state index contributed by atoms with van der Waals surface area (Å²) in [5, 5.41) is 23.8. The number of hydrogen-bond acceptors (Lipinski definition) is 9. The van der Waals surface area contributed by atoms with E-state index in [-0.39, 0.29) is 39.6 Å². The van der Waals surface area contributed by atoms with Crippen molar-refractivity contribution in [2.24, 2.45) is 0 Å². The van der Waals surface area contributed by atoms with Crippen molar-refractivity contribution in [2.45, 2.75) is 37.5 Å². The number of hydrogen-bond donors (Lipinski definition) is 3. The van der Waals surface area contributed by atoms with E-state index < -0.39 is 29.7 Å². The van der Waals surface area contributed by atoms with E-state index in [9.17, 15) is 24.3 Å². The molecule has 3 heterocycles.